The maximum Gasteiger partial charge on any atom is 0.262 e. The van der Waals surface area contributed by atoms with Gasteiger partial charge < -0.3 is 10.3 Å². The molecule has 92 valence electrons. The molecular formula is C11H16N4O2. The fourth-order valence-electron chi connectivity index (χ4n) is 1.56. The molecule has 0 fully saturated rings. The summed E-state index contributed by atoms with van der Waals surface area (Å²) in [7, 11) is 1.71. The number of nitrogens with two attached hydrogens (primary N) is 1. The summed E-state index contributed by atoms with van der Waals surface area (Å²) in [6.07, 6.45) is 1.58. The summed E-state index contributed by atoms with van der Waals surface area (Å²) in [5.41, 5.74) is 5.81. The summed E-state index contributed by atoms with van der Waals surface area (Å²) in [4.78, 5) is 29.2. The quantitative estimate of drug-likeness (QED) is 0.724. The van der Waals surface area contributed by atoms with Crippen molar-refractivity contribution < 1.29 is 4.79 Å². The molecule has 0 saturated carbocycles. The van der Waals surface area contributed by atoms with Crippen LogP contribution in [-0.2, 0) is 7.05 Å². The Morgan fingerprint density at radius 3 is 2.59 bits per heavy atom. The molecule has 0 aliphatic rings. The minimum Gasteiger partial charge on any atom is -0.369 e. The summed E-state index contributed by atoms with van der Waals surface area (Å²) >= 11 is 0. The van der Waals surface area contributed by atoms with Crippen molar-refractivity contribution in [3.8, 4) is 0 Å². The van der Waals surface area contributed by atoms with Crippen molar-refractivity contribution in [2.75, 3.05) is 5.73 Å². The van der Waals surface area contributed by atoms with Crippen molar-refractivity contribution in [1.29, 1.82) is 0 Å². The summed E-state index contributed by atoms with van der Waals surface area (Å²) in [6, 6.07) is 0. The Kier molecular flexibility index (Phi) is 3.67. The number of aromatic amines is 1. The van der Waals surface area contributed by atoms with Gasteiger partial charge in [-0.1, -0.05) is 13.8 Å². The third-order valence-corrected chi connectivity index (χ3v) is 2.22. The highest BCUT2D eigenvalue weighted by atomic mass is 16.1. The molecule has 0 spiro atoms. The number of H-pyrrole nitrogens is 1. The number of anilines is 1. The summed E-state index contributed by atoms with van der Waals surface area (Å²) in [6.45, 7) is 5.41. The van der Waals surface area contributed by atoms with Gasteiger partial charge in [-0.2, -0.15) is 4.98 Å². The Morgan fingerprint density at radius 1 is 1.47 bits per heavy atom. The van der Waals surface area contributed by atoms with E-state index in [4.69, 9.17) is 5.73 Å². The molecule has 3 N–H and O–H groups in total. The normalized spacial score (nSPS) is 9.88. The molecule has 0 saturated heterocycles. The molecule has 0 bridgehead atoms. The predicted molar refractivity (Wildman–Crippen MR) is 67.1 cm³/mol. The van der Waals surface area contributed by atoms with E-state index < -0.39 is 0 Å². The Labute approximate surface area is 98.5 Å². The van der Waals surface area contributed by atoms with Gasteiger partial charge in [-0.25, -0.2) is 0 Å². The van der Waals surface area contributed by atoms with Crippen molar-refractivity contribution in [3.05, 3.63) is 22.1 Å². The van der Waals surface area contributed by atoms with Crippen LogP contribution in [0.3, 0.4) is 0 Å². The third-order valence-electron chi connectivity index (χ3n) is 2.22. The van der Waals surface area contributed by atoms with Crippen LogP contribution in [0, 0.1) is 0 Å². The zero-order valence-corrected chi connectivity index (χ0v) is 10.4. The fourth-order valence-corrected chi connectivity index (χ4v) is 1.56. The number of hydrogen-bond donors (Lipinski definition) is 2. The average molecular weight is 236 g/mol. The number of aromatic nitrogens is 3. The van der Waals surface area contributed by atoms with Crippen LogP contribution in [0.5, 0.6) is 0 Å². The number of fused-ring (bicyclic) bond motifs is 1. The minimum absolute atomic E-state index is 0.0452. The molecule has 0 atom stereocenters. The number of nitrogens with zero attached hydrogens (tertiary/aromatic N) is 2. The zero-order valence-electron chi connectivity index (χ0n) is 10.4. The lowest BCUT2D eigenvalue weighted by Gasteiger charge is -1.95. The lowest BCUT2D eigenvalue weighted by atomic mass is 10.2. The zero-order chi connectivity index (χ0) is 13.2. The molecule has 2 rings (SSSR count). The Balaban J connectivity index is 0.000000686. The molecule has 6 nitrogen and oxygen atoms in total. The van der Waals surface area contributed by atoms with Gasteiger partial charge in [0.25, 0.3) is 5.56 Å². The smallest absolute Gasteiger partial charge is 0.262 e. The summed E-state index contributed by atoms with van der Waals surface area (Å²) in [5, 5.41) is 0.291. The van der Waals surface area contributed by atoms with Crippen LogP contribution >= 0.6 is 0 Å². The maximum atomic E-state index is 11.6. The van der Waals surface area contributed by atoms with Gasteiger partial charge in [-0.15, -0.1) is 0 Å². The van der Waals surface area contributed by atoms with Crippen molar-refractivity contribution in [2.45, 2.75) is 20.8 Å². The van der Waals surface area contributed by atoms with Crippen molar-refractivity contribution in [1.82, 2.24) is 14.5 Å². The molecule has 0 amide bonds. The highest BCUT2D eigenvalue weighted by Gasteiger charge is 2.15. The molecule has 17 heavy (non-hydrogen) atoms. The van der Waals surface area contributed by atoms with E-state index in [-0.39, 0.29) is 17.3 Å². The number of rotatable bonds is 1. The van der Waals surface area contributed by atoms with E-state index in [1.165, 1.54) is 6.92 Å². The molecule has 0 aliphatic heterocycles. The molecule has 6 heteroatoms. The molecule has 2 aromatic heterocycles. The highest BCUT2D eigenvalue weighted by molar-refractivity contribution is 6.05. The number of Topliss-reactive ketones (excluding diaryl/α,β-unsaturated/α-hetero) is 1. The lowest BCUT2D eigenvalue weighted by molar-refractivity contribution is 0.101. The van der Waals surface area contributed by atoms with E-state index in [1.54, 1.807) is 17.8 Å². The van der Waals surface area contributed by atoms with Gasteiger partial charge in [0.15, 0.2) is 5.78 Å². The Bertz CT molecular complexity index is 610. The molecule has 0 unspecified atom stereocenters. The first-order valence-corrected chi connectivity index (χ1v) is 5.36. The van der Waals surface area contributed by atoms with Crippen molar-refractivity contribution in [2.24, 2.45) is 7.05 Å². The third kappa shape index (κ3) is 2.20. The van der Waals surface area contributed by atoms with Gasteiger partial charge >= 0.3 is 0 Å². The van der Waals surface area contributed by atoms with Crippen LogP contribution in [0.15, 0.2) is 11.0 Å². The summed E-state index contributed by atoms with van der Waals surface area (Å²) < 4.78 is 1.61. The monoisotopic (exact) mass is 236 g/mol. The second kappa shape index (κ2) is 4.82. The SMILES string of the molecule is CC.CC(=O)c1cn(C)c2nc(N)[nH]c(=O)c12. The van der Waals surface area contributed by atoms with E-state index in [2.05, 4.69) is 9.97 Å². The van der Waals surface area contributed by atoms with E-state index in [1.807, 2.05) is 13.8 Å². The molecule has 2 aromatic rings. The van der Waals surface area contributed by atoms with Gasteiger partial charge in [0.1, 0.15) is 5.65 Å². The van der Waals surface area contributed by atoms with Gasteiger partial charge in [-0.3, -0.25) is 14.6 Å². The van der Waals surface area contributed by atoms with E-state index in [0.717, 1.165) is 0 Å². The second-order valence-corrected chi connectivity index (χ2v) is 3.36. The first-order chi connectivity index (χ1) is 8.00. The number of carbonyl (C=O) groups is 1. The molecule has 0 radical (unpaired) electrons. The number of nitrogen functional groups attached to an aromatic ring is 1. The van der Waals surface area contributed by atoms with Crippen LogP contribution < -0.4 is 11.3 Å². The average Bonchev–Trinajstić information content (AvgIpc) is 2.60. The molecular weight excluding hydrogens is 220 g/mol. The molecule has 2 heterocycles. The van der Waals surface area contributed by atoms with E-state index >= 15 is 0 Å². The van der Waals surface area contributed by atoms with E-state index in [0.29, 0.717) is 16.6 Å². The van der Waals surface area contributed by atoms with Gasteiger partial charge in [0.05, 0.1) is 10.9 Å². The van der Waals surface area contributed by atoms with E-state index in [9.17, 15) is 9.59 Å². The highest BCUT2D eigenvalue weighted by Crippen LogP contribution is 2.15. The number of hydrogen-bond acceptors (Lipinski definition) is 4. The van der Waals surface area contributed by atoms with Gasteiger partial charge in [0, 0.05) is 13.2 Å². The van der Waals surface area contributed by atoms with Gasteiger partial charge in [-0.05, 0) is 6.92 Å². The molecule has 0 aliphatic carbocycles. The Hall–Kier alpha value is -2.11. The maximum absolute atomic E-state index is 11.6. The Morgan fingerprint density at radius 2 is 2.06 bits per heavy atom. The van der Waals surface area contributed by atoms with Crippen LogP contribution in [0.1, 0.15) is 31.1 Å². The largest absolute Gasteiger partial charge is 0.369 e. The van der Waals surface area contributed by atoms with Crippen LogP contribution in [0.25, 0.3) is 11.0 Å². The summed E-state index contributed by atoms with van der Waals surface area (Å²) in [5.74, 6) is -0.124. The second-order valence-electron chi connectivity index (χ2n) is 3.36. The van der Waals surface area contributed by atoms with Crippen LogP contribution in [0.4, 0.5) is 5.95 Å². The topological polar surface area (TPSA) is 93.8 Å². The molecule has 0 aromatic carbocycles. The van der Waals surface area contributed by atoms with Crippen molar-refractivity contribution in [3.63, 3.8) is 0 Å². The first kappa shape index (κ1) is 13.0. The number of ketones is 1. The minimum atomic E-state index is -0.386. The number of carbonyl (C=O) groups excluding carboxylic acids is 1. The fraction of sp³-hybridized carbons (Fsp3) is 0.364. The van der Waals surface area contributed by atoms with Crippen LogP contribution in [0.2, 0.25) is 0 Å². The number of nitrogens with one attached hydrogen (secondary N) is 1. The van der Waals surface area contributed by atoms with Gasteiger partial charge in [0.2, 0.25) is 5.95 Å². The predicted octanol–water partition coefficient (Wildman–Crippen LogP) is 1.07. The standard InChI is InChI=1S/C9H10N4O2.C2H6/c1-4(14)5-3-13(2)7-6(5)8(15)12-9(10)11-7;1-2/h3H,1-2H3,(H3,10,11,12,15);1-2H3. The lowest BCUT2D eigenvalue weighted by Crippen LogP contribution is -2.12. The number of aryl methyl sites for hydroxylation is 1. The van der Waals surface area contributed by atoms with Crippen molar-refractivity contribution >= 4 is 22.8 Å². The first-order valence-electron chi connectivity index (χ1n) is 5.36. The van der Waals surface area contributed by atoms with Crippen LogP contribution in [-0.4, -0.2) is 20.3 Å².